The van der Waals surface area contributed by atoms with Gasteiger partial charge in [0.25, 0.3) is 0 Å². The van der Waals surface area contributed by atoms with E-state index >= 15 is 0 Å². The van der Waals surface area contributed by atoms with Gasteiger partial charge in [-0.15, -0.1) is 0 Å². The Labute approximate surface area is 313 Å². The summed E-state index contributed by atoms with van der Waals surface area (Å²) in [6.07, 6.45) is 10.9. The van der Waals surface area contributed by atoms with E-state index in [1.807, 2.05) is 0 Å². The van der Waals surface area contributed by atoms with Crippen LogP contribution in [0.3, 0.4) is 0 Å². The van der Waals surface area contributed by atoms with Gasteiger partial charge >= 0.3 is 0 Å². The highest BCUT2D eigenvalue weighted by atomic mass is 15.4. The van der Waals surface area contributed by atoms with E-state index in [9.17, 15) is 0 Å². The molecule has 0 aromatic heterocycles. The van der Waals surface area contributed by atoms with Crippen molar-refractivity contribution in [1.29, 1.82) is 10.8 Å². The summed E-state index contributed by atoms with van der Waals surface area (Å²) < 4.78 is 0. The standard InChI is InChI=1S/C23H31N3.C23H29N3/c2*1-5-18-10-7-13-20(16-18)25(6-2)23(24)26(17(3)4)22-15-9-12-19-11-8-14-21(19)22/h7,9-10,12-13,15-17,24H,5-6,8,11,14H2,1-4H3;7-10,12-17,24H,5-6,11H2,1-4H3. The summed E-state index contributed by atoms with van der Waals surface area (Å²) in [7, 11) is 0. The van der Waals surface area contributed by atoms with E-state index in [2.05, 4.69) is 172 Å². The first kappa shape index (κ1) is 38.4. The zero-order valence-corrected chi connectivity index (χ0v) is 32.8. The van der Waals surface area contributed by atoms with E-state index < -0.39 is 0 Å². The fraction of sp³-hybridized carbons (Fsp3) is 0.391. The van der Waals surface area contributed by atoms with Crippen molar-refractivity contribution in [2.75, 3.05) is 32.7 Å². The summed E-state index contributed by atoms with van der Waals surface area (Å²) in [4.78, 5) is 8.56. The molecule has 6 heteroatoms. The molecule has 0 spiro atoms. The molecular formula is C46H60N6. The van der Waals surface area contributed by atoms with Crippen LogP contribution in [0.25, 0.3) is 6.08 Å². The zero-order chi connectivity index (χ0) is 37.4. The summed E-state index contributed by atoms with van der Waals surface area (Å²) >= 11 is 0. The molecule has 0 atom stereocenters. The molecule has 2 aliphatic carbocycles. The smallest absolute Gasteiger partial charge is 0.203 e. The maximum absolute atomic E-state index is 9.05. The van der Waals surface area contributed by atoms with Crippen LogP contribution in [0, 0.1) is 10.8 Å². The second-order valence-corrected chi connectivity index (χ2v) is 14.3. The van der Waals surface area contributed by atoms with Crippen LogP contribution in [-0.4, -0.2) is 37.1 Å². The molecule has 0 bridgehead atoms. The van der Waals surface area contributed by atoms with E-state index in [-0.39, 0.29) is 12.1 Å². The molecule has 6 rings (SSSR count). The molecule has 4 aromatic carbocycles. The minimum Gasteiger partial charge on any atom is -0.313 e. The molecule has 52 heavy (non-hydrogen) atoms. The Morgan fingerprint density at radius 1 is 0.615 bits per heavy atom. The molecular weight excluding hydrogens is 637 g/mol. The molecule has 0 unspecified atom stereocenters. The molecule has 274 valence electrons. The number of hydrogen-bond acceptors (Lipinski definition) is 2. The van der Waals surface area contributed by atoms with Crippen LogP contribution in [0.4, 0.5) is 22.7 Å². The molecule has 6 nitrogen and oxygen atoms in total. The van der Waals surface area contributed by atoms with Crippen LogP contribution in [0.2, 0.25) is 0 Å². The van der Waals surface area contributed by atoms with Crippen LogP contribution in [0.15, 0.2) is 91.0 Å². The maximum Gasteiger partial charge on any atom is 0.203 e. The lowest BCUT2D eigenvalue weighted by Crippen LogP contribution is -2.48. The van der Waals surface area contributed by atoms with Crippen LogP contribution in [0.5, 0.6) is 0 Å². The van der Waals surface area contributed by atoms with E-state index in [1.54, 1.807) is 0 Å². The lowest BCUT2D eigenvalue weighted by Gasteiger charge is -2.37. The highest BCUT2D eigenvalue weighted by molar-refractivity contribution is 6.07. The topological polar surface area (TPSA) is 60.7 Å². The third-order valence-electron chi connectivity index (χ3n) is 10.3. The predicted octanol–water partition coefficient (Wildman–Crippen LogP) is 10.9. The summed E-state index contributed by atoms with van der Waals surface area (Å²) in [6, 6.07) is 30.6. The van der Waals surface area contributed by atoms with Gasteiger partial charge < -0.3 is 19.6 Å². The third kappa shape index (κ3) is 8.28. The maximum atomic E-state index is 9.05. The lowest BCUT2D eigenvalue weighted by atomic mass is 10.1. The molecule has 0 aliphatic heterocycles. The summed E-state index contributed by atoms with van der Waals surface area (Å²) in [5, 5.41) is 18.1. The molecule has 0 heterocycles. The van der Waals surface area contributed by atoms with Gasteiger partial charge in [0.15, 0.2) is 0 Å². The minimum absolute atomic E-state index is 0.200. The van der Waals surface area contributed by atoms with Gasteiger partial charge in [-0.1, -0.05) is 74.5 Å². The first-order valence-electron chi connectivity index (χ1n) is 19.5. The highest BCUT2D eigenvalue weighted by Gasteiger charge is 2.27. The SMILES string of the molecule is CCc1cccc(N(CC)C(=N)N(c2cccc3c2C=CC3)C(C)C)c1.CCc1cccc(N(CC)C(=N)N(c2cccc3c2CCC3)C(C)C)c1. The fourth-order valence-electron chi connectivity index (χ4n) is 7.64. The fourth-order valence-corrected chi connectivity index (χ4v) is 7.64. The number of anilines is 4. The van der Waals surface area contributed by atoms with Gasteiger partial charge in [-0.05, 0) is 144 Å². The number of aryl methyl sites for hydroxylation is 3. The molecule has 0 radical (unpaired) electrons. The average Bonchev–Trinajstić information content (AvgIpc) is 3.84. The van der Waals surface area contributed by atoms with E-state index in [4.69, 9.17) is 10.8 Å². The van der Waals surface area contributed by atoms with Gasteiger partial charge in [-0.25, -0.2) is 0 Å². The monoisotopic (exact) mass is 696 g/mol. The van der Waals surface area contributed by atoms with Crippen molar-refractivity contribution in [2.24, 2.45) is 0 Å². The summed E-state index contributed by atoms with van der Waals surface area (Å²) in [6.45, 7) is 18.8. The Bertz CT molecular complexity index is 1860. The first-order chi connectivity index (χ1) is 25.1. The largest absolute Gasteiger partial charge is 0.313 e. The lowest BCUT2D eigenvalue weighted by molar-refractivity contribution is 0.782. The Kier molecular flexibility index (Phi) is 13.0. The molecule has 2 aliphatic rings. The van der Waals surface area contributed by atoms with Gasteiger partial charge in [0.1, 0.15) is 0 Å². The molecule has 4 aromatic rings. The quantitative estimate of drug-likeness (QED) is 0.128. The van der Waals surface area contributed by atoms with Crippen LogP contribution >= 0.6 is 0 Å². The number of benzene rings is 4. The van der Waals surface area contributed by atoms with Gasteiger partial charge in [0.05, 0.1) is 5.69 Å². The number of guanidine groups is 2. The van der Waals surface area contributed by atoms with Crippen molar-refractivity contribution >= 4 is 40.7 Å². The van der Waals surface area contributed by atoms with Gasteiger partial charge in [0.2, 0.25) is 11.9 Å². The van der Waals surface area contributed by atoms with E-state index in [0.29, 0.717) is 11.9 Å². The zero-order valence-electron chi connectivity index (χ0n) is 32.8. The van der Waals surface area contributed by atoms with Crippen molar-refractivity contribution in [3.05, 3.63) is 124 Å². The van der Waals surface area contributed by atoms with Crippen LogP contribution in [-0.2, 0) is 32.1 Å². The van der Waals surface area contributed by atoms with Crippen molar-refractivity contribution in [3.8, 4) is 0 Å². The van der Waals surface area contributed by atoms with Gasteiger partial charge in [-0.2, -0.15) is 0 Å². The van der Waals surface area contributed by atoms with E-state index in [0.717, 1.165) is 55.8 Å². The number of nitrogens with one attached hydrogen (secondary N) is 2. The van der Waals surface area contributed by atoms with Crippen molar-refractivity contribution in [2.45, 2.75) is 106 Å². The highest BCUT2D eigenvalue weighted by Crippen LogP contribution is 2.34. The van der Waals surface area contributed by atoms with Gasteiger partial charge in [-0.3, -0.25) is 10.8 Å². The third-order valence-corrected chi connectivity index (χ3v) is 10.3. The number of allylic oxidation sites excluding steroid dienone is 1. The number of fused-ring (bicyclic) bond motifs is 2. The molecule has 0 saturated carbocycles. The molecule has 0 saturated heterocycles. The summed E-state index contributed by atoms with van der Waals surface area (Å²) in [5.41, 5.74) is 12.6. The first-order valence-corrected chi connectivity index (χ1v) is 19.5. The van der Waals surface area contributed by atoms with Gasteiger partial charge in [0, 0.05) is 47.8 Å². The van der Waals surface area contributed by atoms with Crippen molar-refractivity contribution < 1.29 is 0 Å². The van der Waals surface area contributed by atoms with Crippen molar-refractivity contribution in [1.82, 2.24) is 0 Å². The Balaban J connectivity index is 0.000000201. The Hall–Kier alpha value is -4.84. The normalized spacial score (nSPS) is 12.7. The van der Waals surface area contributed by atoms with Crippen LogP contribution in [0.1, 0.15) is 95.2 Å². The van der Waals surface area contributed by atoms with E-state index in [1.165, 1.54) is 51.9 Å². The second kappa shape index (κ2) is 17.6. The number of hydrogen-bond donors (Lipinski definition) is 2. The molecule has 2 N–H and O–H groups in total. The Morgan fingerprint density at radius 2 is 1.12 bits per heavy atom. The van der Waals surface area contributed by atoms with Crippen LogP contribution < -0.4 is 19.6 Å². The number of nitrogens with zero attached hydrogens (tertiary/aromatic N) is 4. The average molecular weight is 697 g/mol. The molecule has 0 fully saturated rings. The molecule has 0 amide bonds. The Morgan fingerprint density at radius 3 is 1.63 bits per heavy atom. The minimum atomic E-state index is 0.200. The number of rotatable bonds is 10. The van der Waals surface area contributed by atoms with Crippen molar-refractivity contribution in [3.63, 3.8) is 0 Å². The predicted molar refractivity (Wildman–Crippen MR) is 226 cm³/mol. The second-order valence-electron chi connectivity index (χ2n) is 14.3. The summed E-state index contributed by atoms with van der Waals surface area (Å²) in [5.74, 6) is 1.10.